The maximum Gasteiger partial charge on any atom is 0.410 e. The highest BCUT2D eigenvalue weighted by Crippen LogP contribution is 2.28. The van der Waals surface area contributed by atoms with Crippen LogP contribution in [0.4, 0.5) is 4.79 Å². The van der Waals surface area contributed by atoms with Crippen LogP contribution in [-0.4, -0.2) is 42.5 Å². The van der Waals surface area contributed by atoms with Gasteiger partial charge in [0.2, 0.25) is 5.88 Å². The smallest absolute Gasteiger partial charge is 0.410 e. The van der Waals surface area contributed by atoms with Crippen molar-refractivity contribution in [2.24, 2.45) is 10.4 Å². The quantitative estimate of drug-likeness (QED) is 0.410. The summed E-state index contributed by atoms with van der Waals surface area (Å²) in [5, 5.41) is 0. The second-order valence-corrected chi connectivity index (χ2v) is 8.42. The molecule has 1 aliphatic rings. The van der Waals surface area contributed by atoms with Crippen LogP contribution in [0, 0.1) is 5.41 Å². The van der Waals surface area contributed by atoms with E-state index in [4.69, 9.17) is 9.47 Å². The van der Waals surface area contributed by atoms with Crippen LogP contribution < -0.4 is 0 Å². The van der Waals surface area contributed by atoms with Crippen molar-refractivity contribution in [3.63, 3.8) is 0 Å². The highest BCUT2D eigenvalue weighted by atomic mass is 16.6. The Morgan fingerprint density at radius 1 is 1.16 bits per heavy atom. The Bertz CT molecular complexity index is 528. The van der Waals surface area contributed by atoms with Crippen LogP contribution in [-0.2, 0) is 9.47 Å². The summed E-state index contributed by atoms with van der Waals surface area (Å²) in [6.45, 7) is 19.0. The summed E-state index contributed by atoms with van der Waals surface area (Å²) in [5.41, 5.74) is 0.706. The first-order valence-electron chi connectivity index (χ1n) is 8.96. The van der Waals surface area contributed by atoms with E-state index in [1.54, 1.807) is 4.90 Å². The van der Waals surface area contributed by atoms with E-state index < -0.39 is 5.60 Å². The third-order valence-electron chi connectivity index (χ3n) is 3.99. The molecule has 0 bridgehead atoms. The molecule has 0 atom stereocenters. The first-order valence-corrected chi connectivity index (χ1v) is 8.96. The predicted molar refractivity (Wildman–Crippen MR) is 103 cm³/mol. The van der Waals surface area contributed by atoms with Gasteiger partial charge in [0.15, 0.2) is 0 Å². The van der Waals surface area contributed by atoms with Crippen molar-refractivity contribution >= 4 is 12.8 Å². The molecule has 5 heteroatoms. The topological polar surface area (TPSA) is 51.1 Å². The van der Waals surface area contributed by atoms with Crippen LogP contribution in [0.25, 0.3) is 0 Å². The molecule has 142 valence electrons. The number of amides is 1. The fourth-order valence-corrected chi connectivity index (χ4v) is 2.64. The fourth-order valence-electron chi connectivity index (χ4n) is 2.64. The van der Waals surface area contributed by atoms with Gasteiger partial charge in [-0.2, -0.15) is 0 Å². The summed E-state index contributed by atoms with van der Waals surface area (Å²) in [4.78, 5) is 17.9. The van der Waals surface area contributed by atoms with Gasteiger partial charge in [0.05, 0.1) is 0 Å². The molecule has 1 amide bonds. The van der Waals surface area contributed by atoms with Gasteiger partial charge in [0, 0.05) is 32.0 Å². The van der Waals surface area contributed by atoms with Crippen molar-refractivity contribution in [3.05, 3.63) is 23.6 Å². The number of likely N-dealkylation sites (tertiary alicyclic amines) is 1. The zero-order valence-corrected chi connectivity index (χ0v) is 16.9. The van der Waals surface area contributed by atoms with Crippen LogP contribution in [0.2, 0.25) is 0 Å². The molecule has 5 nitrogen and oxygen atoms in total. The molecule has 0 radical (unpaired) electrons. The predicted octanol–water partition coefficient (Wildman–Crippen LogP) is 4.94. The van der Waals surface area contributed by atoms with E-state index >= 15 is 0 Å². The molecule has 0 saturated carbocycles. The maximum atomic E-state index is 12.1. The number of piperidine rings is 1. The van der Waals surface area contributed by atoms with Gasteiger partial charge < -0.3 is 14.4 Å². The summed E-state index contributed by atoms with van der Waals surface area (Å²) >= 11 is 0. The molecule has 25 heavy (non-hydrogen) atoms. The first-order chi connectivity index (χ1) is 11.5. The number of carbonyl (C=O) groups is 1. The lowest BCUT2D eigenvalue weighted by Crippen LogP contribution is -2.43. The zero-order chi connectivity index (χ0) is 19.3. The molecule has 0 aliphatic carbocycles. The second-order valence-electron chi connectivity index (χ2n) is 8.42. The third-order valence-corrected chi connectivity index (χ3v) is 3.99. The third kappa shape index (κ3) is 7.32. The van der Waals surface area contributed by atoms with Gasteiger partial charge in [0.25, 0.3) is 0 Å². The van der Waals surface area contributed by atoms with Gasteiger partial charge in [-0.15, -0.1) is 0 Å². The largest absolute Gasteiger partial charge is 0.474 e. The molecule has 0 N–H and O–H groups in total. The average Bonchev–Trinajstić information content (AvgIpc) is 2.49. The second kappa shape index (κ2) is 8.54. The normalized spacial score (nSPS) is 18.1. The summed E-state index contributed by atoms with van der Waals surface area (Å²) in [6.07, 6.45) is 5.31. The Hall–Kier alpha value is -1.78. The number of ether oxygens (including phenoxy) is 2. The molecule has 0 aromatic rings. The Morgan fingerprint density at radius 3 is 2.12 bits per heavy atom. The average molecular weight is 351 g/mol. The van der Waals surface area contributed by atoms with Gasteiger partial charge >= 0.3 is 6.09 Å². The van der Waals surface area contributed by atoms with Crippen molar-refractivity contribution < 1.29 is 14.3 Å². The van der Waals surface area contributed by atoms with E-state index in [0.717, 1.165) is 18.4 Å². The minimum atomic E-state index is -0.469. The Morgan fingerprint density at radius 2 is 1.72 bits per heavy atom. The van der Waals surface area contributed by atoms with Crippen LogP contribution in [0.15, 0.2) is 28.6 Å². The maximum absolute atomic E-state index is 12.1. The van der Waals surface area contributed by atoms with Gasteiger partial charge in [-0.25, -0.2) is 9.79 Å². The molecular weight excluding hydrogens is 316 g/mol. The van der Waals surface area contributed by atoms with Crippen molar-refractivity contribution in [2.45, 2.75) is 73.0 Å². The Labute approximate surface area is 152 Å². The Kier molecular flexibility index (Phi) is 7.27. The highest BCUT2D eigenvalue weighted by Gasteiger charge is 2.28. The van der Waals surface area contributed by atoms with Crippen LogP contribution in [0.3, 0.4) is 0 Å². The van der Waals surface area contributed by atoms with Crippen LogP contribution in [0.1, 0.15) is 61.3 Å². The van der Waals surface area contributed by atoms with E-state index in [1.807, 2.05) is 33.8 Å². The fraction of sp³-hybridized carbons (Fsp3) is 0.700. The molecule has 1 rings (SSSR count). The van der Waals surface area contributed by atoms with E-state index in [0.29, 0.717) is 19.0 Å². The van der Waals surface area contributed by atoms with Gasteiger partial charge in [-0.1, -0.05) is 26.8 Å². The van der Waals surface area contributed by atoms with Crippen molar-refractivity contribution in [1.82, 2.24) is 4.90 Å². The van der Waals surface area contributed by atoms with Crippen molar-refractivity contribution in [1.29, 1.82) is 0 Å². The number of hydrogen-bond donors (Lipinski definition) is 0. The van der Waals surface area contributed by atoms with E-state index in [2.05, 4.69) is 38.6 Å². The van der Waals surface area contributed by atoms with Crippen molar-refractivity contribution in [3.8, 4) is 0 Å². The number of carbonyl (C=O) groups excluding carboxylic acids is 1. The number of hydrogen-bond acceptors (Lipinski definition) is 4. The summed E-state index contributed by atoms with van der Waals surface area (Å²) < 4.78 is 11.4. The van der Waals surface area contributed by atoms with Crippen molar-refractivity contribution in [2.75, 3.05) is 13.1 Å². The number of allylic oxidation sites excluding steroid dienone is 3. The first kappa shape index (κ1) is 21.3. The zero-order valence-electron chi connectivity index (χ0n) is 16.9. The monoisotopic (exact) mass is 350 g/mol. The SMILES string of the molecule is C=N/C(=C\C(=C/C)C(C)(C)C)OC1CCN(C(=O)OC(C)(C)C)CC1. The summed E-state index contributed by atoms with van der Waals surface area (Å²) in [7, 11) is 0. The van der Waals surface area contributed by atoms with Crippen LogP contribution in [0.5, 0.6) is 0 Å². The molecule has 1 fully saturated rings. The molecule has 1 aliphatic heterocycles. The molecule has 0 aromatic heterocycles. The minimum Gasteiger partial charge on any atom is -0.474 e. The standard InChI is InChI=1S/C20H34N2O3/c1-9-15(19(2,3)4)14-17(21-8)24-16-10-12-22(13-11-16)18(23)25-20(5,6)7/h9,14,16H,8,10-13H2,1-7H3/b15-9+,17-14+. The van der Waals surface area contributed by atoms with Gasteiger partial charge in [-0.05, 0) is 45.4 Å². The lowest BCUT2D eigenvalue weighted by molar-refractivity contribution is 0.00418. The van der Waals surface area contributed by atoms with Crippen LogP contribution >= 0.6 is 0 Å². The Balaban J connectivity index is 2.63. The molecule has 0 spiro atoms. The number of aliphatic imine (C=N–C) groups is 1. The summed E-state index contributed by atoms with van der Waals surface area (Å²) in [5.74, 6) is 0.541. The van der Waals surface area contributed by atoms with Gasteiger partial charge in [-0.3, -0.25) is 0 Å². The van der Waals surface area contributed by atoms with E-state index in [9.17, 15) is 4.79 Å². The lowest BCUT2D eigenvalue weighted by atomic mass is 9.86. The molecular formula is C20H34N2O3. The molecule has 0 unspecified atom stereocenters. The van der Waals surface area contributed by atoms with Gasteiger partial charge in [0.1, 0.15) is 11.7 Å². The van der Waals surface area contributed by atoms with E-state index in [1.165, 1.54) is 0 Å². The molecule has 1 heterocycles. The number of nitrogens with zero attached hydrogens (tertiary/aromatic N) is 2. The molecule has 1 saturated heterocycles. The number of rotatable bonds is 4. The lowest BCUT2D eigenvalue weighted by Gasteiger charge is -2.33. The highest BCUT2D eigenvalue weighted by molar-refractivity contribution is 5.68. The summed E-state index contributed by atoms with van der Waals surface area (Å²) in [6, 6.07) is 0. The minimum absolute atomic E-state index is 0.0220. The molecule has 0 aromatic carbocycles. The van der Waals surface area contributed by atoms with E-state index in [-0.39, 0.29) is 17.6 Å².